The summed E-state index contributed by atoms with van der Waals surface area (Å²) in [5.74, 6) is 0. The molecule has 1 unspecified atom stereocenters. The fourth-order valence-corrected chi connectivity index (χ4v) is 0.940. The van der Waals surface area contributed by atoms with Crippen LogP contribution in [-0.2, 0) is 11.3 Å². The second-order valence-corrected chi connectivity index (χ2v) is 3.31. The number of hydrogen-bond acceptors (Lipinski definition) is 3. The van der Waals surface area contributed by atoms with Gasteiger partial charge in [0, 0.05) is 0 Å². The van der Waals surface area contributed by atoms with Gasteiger partial charge >= 0.3 is 0 Å². The summed E-state index contributed by atoms with van der Waals surface area (Å²) in [6, 6.07) is 9.70. The fraction of sp³-hybridized carbons (Fsp3) is 0.286. The van der Waals surface area contributed by atoms with Crippen LogP contribution in [0.3, 0.4) is 0 Å². The van der Waals surface area contributed by atoms with E-state index in [2.05, 4.69) is 13.2 Å². The molecule has 0 saturated carbocycles. The van der Waals surface area contributed by atoms with E-state index in [-0.39, 0.29) is 13.2 Å². The number of rotatable bonds is 6. The van der Waals surface area contributed by atoms with Gasteiger partial charge in [-0.1, -0.05) is 55.6 Å². The van der Waals surface area contributed by atoms with Crippen LogP contribution in [0.25, 0.3) is 0 Å². The van der Waals surface area contributed by atoms with Gasteiger partial charge in [0.15, 0.2) is 0 Å². The number of allylic oxidation sites excluding steroid dienone is 2. The van der Waals surface area contributed by atoms with Crippen LogP contribution >= 0.6 is 0 Å². The molecule has 0 amide bonds. The van der Waals surface area contributed by atoms with E-state index in [0.29, 0.717) is 6.61 Å². The molecule has 2 N–H and O–H groups in total. The first-order valence-corrected chi connectivity index (χ1v) is 5.38. The van der Waals surface area contributed by atoms with Gasteiger partial charge in [-0.05, 0) is 5.56 Å². The van der Waals surface area contributed by atoms with Gasteiger partial charge < -0.3 is 14.9 Å². The Bertz CT molecular complexity index is 290. The minimum absolute atomic E-state index is 0.172. The van der Waals surface area contributed by atoms with Crippen molar-refractivity contribution in [3.05, 3.63) is 61.2 Å². The van der Waals surface area contributed by atoms with Gasteiger partial charge in [0.05, 0.1) is 19.8 Å². The summed E-state index contributed by atoms with van der Waals surface area (Å²) in [7, 11) is 0. The largest absolute Gasteiger partial charge is 0.394 e. The summed E-state index contributed by atoms with van der Waals surface area (Å²) in [5.41, 5.74) is 1.06. The summed E-state index contributed by atoms with van der Waals surface area (Å²) in [5, 5.41) is 17.5. The zero-order valence-corrected chi connectivity index (χ0v) is 9.96. The van der Waals surface area contributed by atoms with Gasteiger partial charge in [-0.15, -0.1) is 0 Å². The molecule has 0 aliphatic heterocycles. The third-order valence-corrected chi connectivity index (χ3v) is 1.80. The summed E-state index contributed by atoms with van der Waals surface area (Å²) < 4.78 is 5.16. The molecule has 0 fully saturated rings. The lowest BCUT2D eigenvalue weighted by Gasteiger charge is -2.07. The molecule has 94 valence electrons. The number of ether oxygens (including phenoxy) is 1. The first-order valence-electron chi connectivity index (χ1n) is 5.38. The zero-order chi connectivity index (χ0) is 12.9. The summed E-state index contributed by atoms with van der Waals surface area (Å²) in [6.07, 6.45) is 2.50. The second kappa shape index (κ2) is 11.1. The normalized spacial score (nSPS) is 10.9. The first-order chi connectivity index (χ1) is 8.24. The van der Waals surface area contributed by atoms with Gasteiger partial charge in [-0.25, -0.2) is 0 Å². The molecule has 0 heterocycles. The molecule has 0 radical (unpaired) electrons. The van der Waals surface area contributed by atoms with Crippen molar-refractivity contribution in [2.45, 2.75) is 12.7 Å². The maximum Gasteiger partial charge on any atom is 0.100 e. The molecule has 0 bridgehead atoms. The maximum absolute atomic E-state index is 8.96. The van der Waals surface area contributed by atoms with Crippen LogP contribution in [0.15, 0.2) is 55.6 Å². The van der Waals surface area contributed by atoms with Gasteiger partial charge in [0.2, 0.25) is 0 Å². The Kier molecular flexibility index (Phi) is 10.2. The molecule has 3 heteroatoms. The highest BCUT2D eigenvalue weighted by atomic mass is 16.5. The Morgan fingerprint density at radius 3 is 2.24 bits per heavy atom. The molecule has 1 aromatic rings. The average molecular weight is 236 g/mol. The molecule has 3 nitrogen and oxygen atoms in total. The number of aliphatic hydroxyl groups excluding tert-OH is 2. The molecule has 17 heavy (non-hydrogen) atoms. The topological polar surface area (TPSA) is 49.7 Å². The minimum Gasteiger partial charge on any atom is -0.394 e. The van der Waals surface area contributed by atoms with Crippen molar-refractivity contribution in [3.8, 4) is 0 Å². The smallest absolute Gasteiger partial charge is 0.100 e. The van der Waals surface area contributed by atoms with E-state index in [9.17, 15) is 0 Å². The summed E-state index contributed by atoms with van der Waals surface area (Å²) in [4.78, 5) is 0. The van der Waals surface area contributed by atoms with Crippen molar-refractivity contribution in [3.63, 3.8) is 0 Å². The van der Waals surface area contributed by atoms with Gasteiger partial charge in [0.1, 0.15) is 6.10 Å². The van der Waals surface area contributed by atoms with Crippen LogP contribution in [0.1, 0.15) is 5.56 Å². The van der Waals surface area contributed by atoms with E-state index in [1.807, 2.05) is 30.3 Å². The maximum atomic E-state index is 8.96. The average Bonchev–Trinajstić information content (AvgIpc) is 2.40. The Morgan fingerprint density at radius 2 is 1.76 bits per heavy atom. The Morgan fingerprint density at radius 1 is 1.18 bits per heavy atom. The fourth-order valence-electron chi connectivity index (χ4n) is 0.940. The number of hydrogen-bond donors (Lipinski definition) is 2. The van der Waals surface area contributed by atoms with E-state index in [1.54, 1.807) is 12.2 Å². The van der Waals surface area contributed by atoms with E-state index in [0.717, 1.165) is 5.56 Å². The van der Waals surface area contributed by atoms with E-state index in [1.165, 1.54) is 0 Å². The van der Waals surface area contributed by atoms with Crippen molar-refractivity contribution in [2.24, 2.45) is 0 Å². The van der Waals surface area contributed by atoms with Crippen LogP contribution in [0.5, 0.6) is 0 Å². The van der Waals surface area contributed by atoms with Crippen molar-refractivity contribution < 1.29 is 14.9 Å². The van der Waals surface area contributed by atoms with Gasteiger partial charge in [-0.2, -0.15) is 0 Å². The van der Waals surface area contributed by atoms with E-state index >= 15 is 0 Å². The van der Waals surface area contributed by atoms with Crippen LogP contribution in [-0.4, -0.2) is 29.5 Å². The predicted molar refractivity (Wildman–Crippen MR) is 69.6 cm³/mol. The van der Waals surface area contributed by atoms with Crippen LogP contribution in [0.2, 0.25) is 0 Å². The molecule has 0 aromatic heterocycles. The summed E-state index contributed by atoms with van der Waals surface area (Å²) >= 11 is 0. The monoisotopic (exact) mass is 236 g/mol. The van der Waals surface area contributed by atoms with Crippen LogP contribution in [0, 0.1) is 0 Å². The summed E-state index contributed by atoms with van der Waals surface area (Å²) in [6.45, 7) is 7.11. The van der Waals surface area contributed by atoms with Crippen LogP contribution < -0.4 is 0 Å². The number of aliphatic hydroxyl groups is 2. The quantitative estimate of drug-likeness (QED) is 0.742. The molecule has 1 aromatic carbocycles. The second-order valence-electron chi connectivity index (χ2n) is 3.31. The molecule has 0 saturated heterocycles. The SMILES string of the molecule is C=CC=C.OCC(O)COCc1ccccc1. The van der Waals surface area contributed by atoms with Crippen LogP contribution in [0.4, 0.5) is 0 Å². The molecule has 0 aliphatic carbocycles. The standard InChI is InChI=1S/C10H14O3.C4H6/c11-6-10(12)8-13-7-9-4-2-1-3-5-9;1-3-4-2/h1-5,10-12H,6-8H2;3-4H,1-2H2. The molecule has 0 spiro atoms. The van der Waals surface area contributed by atoms with E-state index < -0.39 is 6.10 Å². The van der Waals surface area contributed by atoms with Gasteiger partial charge in [0.25, 0.3) is 0 Å². The minimum atomic E-state index is -0.774. The third kappa shape index (κ3) is 9.51. The zero-order valence-electron chi connectivity index (χ0n) is 9.96. The molecular weight excluding hydrogens is 216 g/mol. The van der Waals surface area contributed by atoms with Crippen molar-refractivity contribution in [1.29, 1.82) is 0 Å². The highest BCUT2D eigenvalue weighted by Gasteiger charge is 2.00. The molecular formula is C14H20O3. The van der Waals surface area contributed by atoms with Crippen molar-refractivity contribution >= 4 is 0 Å². The Labute approximate surface area is 103 Å². The lowest BCUT2D eigenvalue weighted by Crippen LogP contribution is -2.19. The predicted octanol–water partition coefficient (Wildman–Crippen LogP) is 1.91. The van der Waals surface area contributed by atoms with Crippen molar-refractivity contribution in [1.82, 2.24) is 0 Å². The van der Waals surface area contributed by atoms with Crippen molar-refractivity contribution in [2.75, 3.05) is 13.2 Å². The lowest BCUT2D eigenvalue weighted by molar-refractivity contribution is 0.0000253. The highest BCUT2D eigenvalue weighted by Crippen LogP contribution is 2.00. The highest BCUT2D eigenvalue weighted by molar-refractivity contribution is 5.13. The molecule has 1 atom stereocenters. The van der Waals surface area contributed by atoms with Gasteiger partial charge in [-0.3, -0.25) is 0 Å². The molecule has 1 rings (SSSR count). The number of benzene rings is 1. The first kappa shape index (κ1) is 15.6. The Hall–Kier alpha value is -1.42. The Balaban J connectivity index is 0.000000557. The van der Waals surface area contributed by atoms with E-state index in [4.69, 9.17) is 14.9 Å². The third-order valence-electron chi connectivity index (χ3n) is 1.80. The molecule has 0 aliphatic rings. The lowest BCUT2D eigenvalue weighted by atomic mass is 10.2.